The van der Waals surface area contributed by atoms with Crippen molar-refractivity contribution in [3.63, 3.8) is 0 Å². The summed E-state index contributed by atoms with van der Waals surface area (Å²) in [5, 5.41) is 5.31. The van der Waals surface area contributed by atoms with E-state index >= 15 is 0 Å². The lowest BCUT2D eigenvalue weighted by Gasteiger charge is -2.11. The lowest BCUT2D eigenvalue weighted by Crippen LogP contribution is -2.28. The number of nitrogens with one attached hydrogen (secondary N) is 2. The van der Waals surface area contributed by atoms with Gasteiger partial charge in [-0.05, 0) is 42.5 Å². The van der Waals surface area contributed by atoms with E-state index in [9.17, 15) is 18.0 Å². The molecule has 3 aromatic carbocycles. The van der Waals surface area contributed by atoms with Crippen molar-refractivity contribution in [2.45, 2.75) is 9.79 Å². The molecule has 1 aliphatic rings. The number of ether oxygens (including phenoxy) is 1. The molecule has 2 amide bonds. The Bertz CT molecular complexity index is 1220. The molecule has 1 heterocycles. The van der Waals surface area contributed by atoms with Crippen molar-refractivity contribution < 1.29 is 22.7 Å². The van der Waals surface area contributed by atoms with Crippen LogP contribution in [0.1, 0.15) is 20.7 Å². The zero-order valence-corrected chi connectivity index (χ0v) is 16.6. The van der Waals surface area contributed by atoms with E-state index in [4.69, 9.17) is 4.74 Å². The zero-order valence-electron chi connectivity index (χ0n) is 15.8. The highest BCUT2D eigenvalue weighted by Gasteiger charge is 2.31. The predicted molar refractivity (Wildman–Crippen MR) is 111 cm³/mol. The first-order valence-electron chi connectivity index (χ1n) is 9.22. The third kappa shape index (κ3) is 3.77. The summed E-state index contributed by atoms with van der Waals surface area (Å²) in [4.78, 5) is 24.8. The predicted octanol–water partition coefficient (Wildman–Crippen LogP) is 2.89. The van der Waals surface area contributed by atoms with Crippen molar-refractivity contribution in [3.05, 3.63) is 83.9 Å². The van der Waals surface area contributed by atoms with E-state index < -0.39 is 21.7 Å². The van der Waals surface area contributed by atoms with Gasteiger partial charge in [0.15, 0.2) is 0 Å². The van der Waals surface area contributed by atoms with Crippen LogP contribution in [0.3, 0.4) is 0 Å². The summed E-state index contributed by atoms with van der Waals surface area (Å²) in [6.45, 7) is 0.544. The summed E-state index contributed by atoms with van der Waals surface area (Å²) in [5.41, 5.74) is 0.372. The first-order valence-corrected chi connectivity index (χ1v) is 10.7. The summed E-state index contributed by atoms with van der Waals surface area (Å²) in [7, 11) is -3.90. The van der Waals surface area contributed by atoms with E-state index in [2.05, 4.69) is 10.6 Å². The molecule has 1 aliphatic heterocycles. The van der Waals surface area contributed by atoms with Crippen molar-refractivity contribution in [3.8, 4) is 5.75 Å². The molecule has 30 heavy (non-hydrogen) atoms. The zero-order chi connectivity index (χ0) is 21.1. The second kappa shape index (κ2) is 8.00. The molecule has 3 aromatic rings. The van der Waals surface area contributed by atoms with E-state index in [1.807, 2.05) is 30.3 Å². The van der Waals surface area contributed by atoms with E-state index in [1.165, 1.54) is 30.3 Å². The molecule has 0 bridgehead atoms. The number of carbonyl (C=O) groups excluding carboxylic acids is 2. The molecule has 152 valence electrons. The Morgan fingerprint density at radius 2 is 1.67 bits per heavy atom. The maximum absolute atomic E-state index is 13.0. The second-order valence-corrected chi connectivity index (χ2v) is 8.47. The number of benzene rings is 3. The number of hydrogen-bond donors (Lipinski definition) is 2. The maximum atomic E-state index is 13.0. The van der Waals surface area contributed by atoms with E-state index in [0.717, 1.165) is 0 Å². The molecule has 4 rings (SSSR count). The molecule has 0 atom stereocenters. The average Bonchev–Trinajstić information content (AvgIpc) is 2.84. The smallest absolute Gasteiger partial charge is 0.257 e. The molecule has 0 unspecified atom stereocenters. The Labute approximate surface area is 173 Å². The molecule has 0 saturated heterocycles. The molecule has 2 N–H and O–H groups in total. The minimum atomic E-state index is -3.90. The molecule has 8 heteroatoms. The van der Waals surface area contributed by atoms with E-state index in [1.54, 1.807) is 12.1 Å². The lowest BCUT2D eigenvalue weighted by molar-refractivity contribution is 0.0945. The van der Waals surface area contributed by atoms with Gasteiger partial charge in [0.1, 0.15) is 12.4 Å². The van der Waals surface area contributed by atoms with Gasteiger partial charge in [-0.3, -0.25) is 9.59 Å². The summed E-state index contributed by atoms with van der Waals surface area (Å²) in [5.74, 6) is -0.242. The van der Waals surface area contributed by atoms with Crippen LogP contribution in [-0.2, 0) is 9.84 Å². The van der Waals surface area contributed by atoms with Crippen LogP contribution in [0.5, 0.6) is 5.75 Å². The molecule has 7 nitrogen and oxygen atoms in total. The van der Waals surface area contributed by atoms with Gasteiger partial charge in [-0.2, -0.15) is 0 Å². The van der Waals surface area contributed by atoms with Crippen LogP contribution in [0, 0.1) is 0 Å². The summed E-state index contributed by atoms with van der Waals surface area (Å²) >= 11 is 0. The quantitative estimate of drug-likeness (QED) is 0.616. The fourth-order valence-corrected chi connectivity index (χ4v) is 4.74. The molecule has 0 aromatic heterocycles. The monoisotopic (exact) mass is 422 g/mol. The SMILES string of the molecule is O=C(NCCOc1ccccc1)c1ccc2c(c1)NC(=O)c1ccccc1S2(=O)=O. The highest BCUT2D eigenvalue weighted by atomic mass is 32.2. The Balaban J connectivity index is 1.51. The number of sulfone groups is 1. The Hall–Kier alpha value is -3.65. The van der Waals surface area contributed by atoms with Gasteiger partial charge < -0.3 is 15.4 Å². The van der Waals surface area contributed by atoms with Crippen LogP contribution < -0.4 is 15.4 Å². The first-order chi connectivity index (χ1) is 14.5. The van der Waals surface area contributed by atoms with Crippen molar-refractivity contribution in [1.82, 2.24) is 5.32 Å². The van der Waals surface area contributed by atoms with Gasteiger partial charge >= 0.3 is 0 Å². The third-order valence-corrected chi connectivity index (χ3v) is 6.47. The number of fused-ring (bicyclic) bond motifs is 2. The average molecular weight is 422 g/mol. The minimum Gasteiger partial charge on any atom is -0.492 e. The minimum absolute atomic E-state index is 0.0511. The number of anilines is 1. The topological polar surface area (TPSA) is 102 Å². The maximum Gasteiger partial charge on any atom is 0.257 e. The van der Waals surface area contributed by atoms with Gasteiger partial charge in [0.25, 0.3) is 11.8 Å². The van der Waals surface area contributed by atoms with Crippen molar-refractivity contribution in [2.75, 3.05) is 18.5 Å². The van der Waals surface area contributed by atoms with E-state index in [0.29, 0.717) is 5.75 Å². The van der Waals surface area contributed by atoms with Crippen LogP contribution in [0.2, 0.25) is 0 Å². The molecule has 0 saturated carbocycles. The normalized spacial score (nSPS) is 13.9. The third-order valence-electron chi connectivity index (χ3n) is 4.60. The van der Waals surface area contributed by atoms with Gasteiger partial charge in [-0.1, -0.05) is 30.3 Å². The number of amides is 2. The van der Waals surface area contributed by atoms with Crippen LogP contribution in [0.15, 0.2) is 82.6 Å². The Kier molecular flexibility index (Phi) is 5.24. The van der Waals surface area contributed by atoms with Crippen LogP contribution >= 0.6 is 0 Å². The number of carbonyl (C=O) groups is 2. The van der Waals surface area contributed by atoms with Gasteiger partial charge in [-0.15, -0.1) is 0 Å². The van der Waals surface area contributed by atoms with Crippen LogP contribution in [0.4, 0.5) is 5.69 Å². The van der Waals surface area contributed by atoms with E-state index in [-0.39, 0.29) is 39.8 Å². The van der Waals surface area contributed by atoms with Gasteiger partial charge in [0, 0.05) is 5.56 Å². The summed E-state index contributed by atoms with van der Waals surface area (Å²) in [6, 6.07) is 19.3. The number of hydrogen-bond acceptors (Lipinski definition) is 5. The largest absolute Gasteiger partial charge is 0.492 e. The second-order valence-electron chi connectivity index (χ2n) is 6.58. The molecule has 0 aliphatic carbocycles. The van der Waals surface area contributed by atoms with Gasteiger partial charge in [0.05, 0.1) is 27.6 Å². The standard InChI is InChI=1S/C22H18N2O5S/c25-21(23-12-13-29-16-6-2-1-3-7-16)15-10-11-20-18(14-15)24-22(26)17-8-4-5-9-19(17)30(20,27)28/h1-11,14H,12-13H2,(H,23,25)(H,24,26). The summed E-state index contributed by atoms with van der Waals surface area (Å²) in [6.07, 6.45) is 0. The Morgan fingerprint density at radius 1 is 0.933 bits per heavy atom. The van der Waals surface area contributed by atoms with Gasteiger partial charge in [0.2, 0.25) is 9.84 Å². The van der Waals surface area contributed by atoms with Crippen LogP contribution in [0.25, 0.3) is 0 Å². The summed E-state index contributed by atoms with van der Waals surface area (Å²) < 4.78 is 31.5. The Morgan fingerprint density at radius 3 is 2.47 bits per heavy atom. The van der Waals surface area contributed by atoms with Crippen LogP contribution in [-0.4, -0.2) is 33.4 Å². The number of para-hydroxylation sites is 1. The highest BCUT2D eigenvalue weighted by molar-refractivity contribution is 7.91. The van der Waals surface area contributed by atoms with Crippen molar-refractivity contribution in [1.29, 1.82) is 0 Å². The fraction of sp³-hybridized carbons (Fsp3) is 0.0909. The lowest BCUT2D eigenvalue weighted by atomic mass is 10.1. The fourth-order valence-electron chi connectivity index (χ4n) is 3.15. The van der Waals surface area contributed by atoms with Crippen molar-refractivity contribution in [2.24, 2.45) is 0 Å². The molecule has 0 radical (unpaired) electrons. The highest BCUT2D eigenvalue weighted by Crippen LogP contribution is 2.34. The number of rotatable bonds is 5. The van der Waals surface area contributed by atoms with Gasteiger partial charge in [-0.25, -0.2) is 8.42 Å². The molecular weight excluding hydrogens is 404 g/mol. The molecule has 0 fully saturated rings. The van der Waals surface area contributed by atoms with Crippen molar-refractivity contribution >= 4 is 27.3 Å². The molecule has 0 spiro atoms. The molecular formula is C22H18N2O5S. The first kappa shape index (κ1) is 19.7.